The molecule has 4 nitrogen and oxygen atoms in total. The van der Waals surface area contributed by atoms with Crippen molar-refractivity contribution in [3.05, 3.63) is 23.8 Å². The summed E-state index contributed by atoms with van der Waals surface area (Å²) in [6.45, 7) is 1.57. The number of carbonyl (C=O) groups is 2. The second-order valence-corrected chi connectivity index (χ2v) is 4.17. The molecule has 0 spiro atoms. The Morgan fingerprint density at radius 2 is 1.62 bits per heavy atom. The molecule has 0 aliphatic heterocycles. The smallest absolute Gasteiger partial charge is 0.157 e. The summed E-state index contributed by atoms with van der Waals surface area (Å²) in [6.07, 6.45) is 0.494. The molecule has 0 atom stereocenters. The maximum Gasteiger partial charge on any atom is 0.157 e. The molecule has 0 radical (unpaired) electrons. The van der Waals surface area contributed by atoms with E-state index in [0.29, 0.717) is 5.56 Å². The van der Waals surface area contributed by atoms with Crippen molar-refractivity contribution in [1.29, 1.82) is 0 Å². The maximum atomic E-state index is 11.7. The molecule has 2 N–H and O–H groups in total. The van der Waals surface area contributed by atoms with E-state index in [0.717, 1.165) is 0 Å². The third kappa shape index (κ3) is 1.30. The highest BCUT2D eigenvalue weighted by Gasteiger charge is 2.46. The molecule has 1 saturated carbocycles. The summed E-state index contributed by atoms with van der Waals surface area (Å²) in [5, 5.41) is 18.6. The van der Waals surface area contributed by atoms with Crippen molar-refractivity contribution in [3.8, 4) is 11.5 Å². The maximum absolute atomic E-state index is 11.7. The van der Waals surface area contributed by atoms with Crippen LogP contribution < -0.4 is 0 Å². The Kier molecular flexibility index (Phi) is 2.22. The first-order valence-corrected chi connectivity index (χ1v) is 5.05. The topological polar surface area (TPSA) is 74.6 Å². The van der Waals surface area contributed by atoms with Gasteiger partial charge >= 0.3 is 0 Å². The fourth-order valence-corrected chi connectivity index (χ4v) is 2.04. The van der Waals surface area contributed by atoms with Crippen molar-refractivity contribution in [2.75, 3.05) is 0 Å². The van der Waals surface area contributed by atoms with E-state index < -0.39 is 5.41 Å². The highest BCUT2D eigenvalue weighted by molar-refractivity contribution is 6.17. The lowest BCUT2D eigenvalue weighted by atomic mass is 9.79. The van der Waals surface area contributed by atoms with Gasteiger partial charge in [-0.05, 0) is 24.6 Å². The normalized spacial score (nSPS) is 19.1. The van der Waals surface area contributed by atoms with Crippen LogP contribution in [-0.4, -0.2) is 21.8 Å². The molecule has 0 amide bonds. The predicted molar refractivity (Wildman–Crippen MR) is 56.4 cm³/mol. The van der Waals surface area contributed by atoms with Gasteiger partial charge in [0.25, 0.3) is 0 Å². The zero-order chi connectivity index (χ0) is 11.9. The van der Waals surface area contributed by atoms with Crippen LogP contribution in [0.5, 0.6) is 11.5 Å². The number of ketones is 2. The average molecular weight is 220 g/mol. The molecular formula is C12H12O4. The Balaban J connectivity index is 2.54. The van der Waals surface area contributed by atoms with Crippen LogP contribution >= 0.6 is 0 Å². The van der Waals surface area contributed by atoms with Gasteiger partial charge in [-0.3, -0.25) is 9.59 Å². The number of carbonyl (C=O) groups excluding carboxylic acids is 2. The minimum atomic E-state index is -1.16. The lowest BCUT2D eigenvalue weighted by Gasteiger charge is -2.21. The van der Waals surface area contributed by atoms with E-state index in [1.54, 1.807) is 6.92 Å². The minimum Gasteiger partial charge on any atom is -0.504 e. The van der Waals surface area contributed by atoms with Crippen LogP contribution in [0.1, 0.15) is 25.3 Å². The third-order valence-electron chi connectivity index (χ3n) is 3.25. The number of benzene rings is 1. The number of hydrogen-bond donors (Lipinski definition) is 2. The molecule has 1 aliphatic rings. The average Bonchev–Trinajstić information content (AvgIpc) is 2.51. The molecule has 1 aliphatic carbocycles. The number of hydrogen-bond acceptors (Lipinski definition) is 4. The highest BCUT2D eigenvalue weighted by atomic mass is 16.3. The lowest BCUT2D eigenvalue weighted by molar-refractivity contribution is -0.128. The first-order valence-electron chi connectivity index (χ1n) is 5.05. The van der Waals surface area contributed by atoms with Gasteiger partial charge in [-0.2, -0.15) is 0 Å². The second kappa shape index (κ2) is 3.33. The standard InChI is InChI=1S/C12H12O4/c1-12(10(15)4-5-11(12)16)7-2-3-8(13)9(14)6-7/h2-3,6,13-14H,4-5H2,1H3. The fraction of sp³-hybridized carbons (Fsp3) is 0.333. The molecular weight excluding hydrogens is 208 g/mol. The largest absolute Gasteiger partial charge is 0.504 e. The highest BCUT2D eigenvalue weighted by Crippen LogP contribution is 2.38. The molecule has 0 unspecified atom stereocenters. The number of Topliss-reactive ketones (excluding diaryl/α,β-unsaturated/α-hetero) is 2. The van der Waals surface area contributed by atoms with E-state index in [4.69, 9.17) is 0 Å². The van der Waals surface area contributed by atoms with Crippen LogP contribution in [0.4, 0.5) is 0 Å². The van der Waals surface area contributed by atoms with Crippen LogP contribution in [0.15, 0.2) is 18.2 Å². The van der Waals surface area contributed by atoms with E-state index in [1.807, 2.05) is 0 Å². The number of phenolic OH excluding ortho intramolecular Hbond substituents is 2. The summed E-state index contributed by atoms with van der Waals surface area (Å²) < 4.78 is 0. The van der Waals surface area contributed by atoms with Crippen molar-refractivity contribution in [1.82, 2.24) is 0 Å². The van der Waals surface area contributed by atoms with Gasteiger partial charge in [-0.15, -0.1) is 0 Å². The van der Waals surface area contributed by atoms with Gasteiger partial charge in [0.15, 0.2) is 23.1 Å². The van der Waals surface area contributed by atoms with Gasteiger partial charge in [0, 0.05) is 12.8 Å². The van der Waals surface area contributed by atoms with Gasteiger partial charge in [0.2, 0.25) is 0 Å². The Bertz CT molecular complexity index is 460. The Morgan fingerprint density at radius 3 is 2.12 bits per heavy atom. The molecule has 84 valence electrons. The van der Waals surface area contributed by atoms with Crippen LogP contribution in [-0.2, 0) is 15.0 Å². The zero-order valence-electron chi connectivity index (χ0n) is 8.86. The monoisotopic (exact) mass is 220 g/mol. The molecule has 0 bridgehead atoms. The fourth-order valence-electron chi connectivity index (χ4n) is 2.04. The second-order valence-electron chi connectivity index (χ2n) is 4.17. The summed E-state index contributed by atoms with van der Waals surface area (Å²) in [6, 6.07) is 4.06. The SMILES string of the molecule is CC1(c2ccc(O)c(O)c2)C(=O)CCC1=O. The molecule has 0 heterocycles. The van der Waals surface area contributed by atoms with Crippen molar-refractivity contribution < 1.29 is 19.8 Å². The van der Waals surface area contributed by atoms with E-state index in [1.165, 1.54) is 18.2 Å². The Morgan fingerprint density at radius 1 is 1.06 bits per heavy atom. The van der Waals surface area contributed by atoms with Crippen molar-refractivity contribution in [2.24, 2.45) is 0 Å². The van der Waals surface area contributed by atoms with Gasteiger partial charge in [0.1, 0.15) is 5.41 Å². The summed E-state index contributed by atoms with van der Waals surface area (Å²) in [7, 11) is 0. The van der Waals surface area contributed by atoms with Gasteiger partial charge < -0.3 is 10.2 Å². The Labute approximate surface area is 92.5 Å². The summed E-state index contributed by atoms with van der Waals surface area (Å²) in [5.41, 5.74) is -0.721. The summed E-state index contributed by atoms with van der Waals surface area (Å²) >= 11 is 0. The first kappa shape index (κ1) is 10.7. The quantitative estimate of drug-likeness (QED) is 0.552. The molecule has 0 aromatic heterocycles. The Hall–Kier alpha value is -1.84. The summed E-state index contributed by atoms with van der Waals surface area (Å²) in [4.78, 5) is 23.5. The van der Waals surface area contributed by atoms with E-state index in [-0.39, 0.29) is 35.9 Å². The molecule has 0 saturated heterocycles. The van der Waals surface area contributed by atoms with Gasteiger partial charge in [0.05, 0.1) is 0 Å². The van der Waals surface area contributed by atoms with Crippen LogP contribution in [0.2, 0.25) is 0 Å². The molecule has 1 aromatic carbocycles. The van der Waals surface area contributed by atoms with Crippen molar-refractivity contribution >= 4 is 11.6 Å². The zero-order valence-corrected chi connectivity index (χ0v) is 8.86. The summed E-state index contributed by atoms with van der Waals surface area (Å²) in [5.74, 6) is -0.846. The first-order chi connectivity index (χ1) is 7.46. The van der Waals surface area contributed by atoms with Crippen LogP contribution in [0, 0.1) is 0 Å². The molecule has 1 fully saturated rings. The van der Waals surface area contributed by atoms with Gasteiger partial charge in [-0.1, -0.05) is 6.07 Å². The van der Waals surface area contributed by atoms with E-state index in [9.17, 15) is 19.8 Å². The van der Waals surface area contributed by atoms with E-state index >= 15 is 0 Å². The third-order valence-corrected chi connectivity index (χ3v) is 3.25. The lowest BCUT2D eigenvalue weighted by Crippen LogP contribution is -2.34. The van der Waals surface area contributed by atoms with Gasteiger partial charge in [-0.25, -0.2) is 0 Å². The molecule has 2 rings (SSSR count). The van der Waals surface area contributed by atoms with E-state index in [2.05, 4.69) is 0 Å². The number of phenols is 2. The minimum absolute atomic E-state index is 0.136. The van der Waals surface area contributed by atoms with Crippen LogP contribution in [0.25, 0.3) is 0 Å². The molecule has 1 aromatic rings. The number of aromatic hydroxyl groups is 2. The predicted octanol–water partition coefficient (Wildman–Crippen LogP) is 1.29. The number of rotatable bonds is 1. The van der Waals surface area contributed by atoms with Crippen molar-refractivity contribution in [2.45, 2.75) is 25.2 Å². The molecule has 4 heteroatoms. The van der Waals surface area contributed by atoms with Crippen molar-refractivity contribution in [3.63, 3.8) is 0 Å². The molecule has 16 heavy (non-hydrogen) atoms. The van der Waals surface area contributed by atoms with Crippen LogP contribution in [0.3, 0.4) is 0 Å².